The number of aromatic nitrogens is 1. The van der Waals surface area contributed by atoms with Gasteiger partial charge in [-0.1, -0.05) is 35.9 Å². The number of nitrogens with one attached hydrogen (secondary N) is 1. The van der Waals surface area contributed by atoms with Gasteiger partial charge >= 0.3 is 0 Å². The van der Waals surface area contributed by atoms with Crippen LogP contribution in [-0.2, 0) is 16.4 Å². The second kappa shape index (κ2) is 7.98. The van der Waals surface area contributed by atoms with Crippen molar-refractivity contribution in [3.8, 4) is 16.9 Å². The number of ether oxygens (including phenoxy) is 1. The van der Waals surface area contributed by atoms with Gasteiger partial charge in [0, 0.05) is 12.8 Å². The number of hydrogen-bond acceptors (Lipinski definition) is 5. The van der Waals surface area contributed by atoms with E-state index in [0.717, 1.165) is 22.4 Å². The first-order chi connectivity index (χ1) is 12.8. The van der Waals surface area contributed by atoms with Gasteiger partial charge in [0.1, 0.15) is 16.7 Å². The number of pyridine rings is 1. The van der Waals surface area contributed by atoms with Gasteiger partial charge in [-0.3, -0.25) is 0 Å². The van der Waals surface area contributed by atoms with Crippen LogP contribution in [-0.4, -0.2) is 26.8 Å². The molecule has 2 aromatic carbocycles. The normalized spacial score (nSPS) is 11.2. The summed E-state index contributed by atoms with van der Waals surface area (Å²) in [4.78, 5) is 4.56. The Balaban J connectivity index is 1.84. The van der Waals surface area contributed by atoms with Crippen molar-refractivity contribution < 1.29 is 13.2 Å². The minimum atomic E-state index is -3.28. The van der Waals surface area contributed by atoms with Crippen LogP contribution in [0.15, 0.2) is 65.6 Å². The zero-order valence-electron chi connectivity index (χ0n) is 14.9. The third-order valence-electron chi connectivity index (χ3n) is 4.02. The molecule has 0 atom stereocenters. The second-order valence-electron chi connectivity index (χ2n) is 6.07. The van der Waals surface area contributed by atoms with E-state index in [0.29, 0.717) is 17.5 Å². The molecular formula is C20H19ClN2O3S. The Morgan fingerprint density at radius 2 is 1.78 bits per heavy atom. The van der Waals surface area contributed by atoms with Crippen LogP contribution in [0.3, 0.4) is 0 Å². The van der Waals surface area contributed by atoms with E-state index in [2.05, 4.69) is 10.3 Å². The molecule has 0 saturated carbocycles. The molecule has 0 fully saturated rings. The molecular weight excluding hydrogens is 384 g/mol. The van der Waals surface area contributed by atoms with Crippen molar-refractivity contribution in [3.05, 3.63) is 71.4 Å². The Morgan fingerprint density at radius 3 is 2.44 bits per heavy atom. The predicted octanol–water partition coefficient (Wildman–Crippen LogP) is 4.43. The number of anilines is 1. The zero-order chi connectivity index (χ0) is 19.4. The fourth-order valence-electron chi connectivity index (χ4n) is 2.60. The minimum absolute atomic E-state index is 0.265. The maximum absolute atomic E-state index is 11.8. The molecule has 0 bridgehead atoms. The molecule has 1 aromatic heterocycles. The van der Waals surface area contributed by atoms with Gasteiger partial charge in [-0.05, 0) is 53.1 Å². The fraction of sp³-hybridized carbons (Fsp3) is 0.150. The SMILES string of the molecule is COc1ccc(CNc2cc(-c3cccc(S(C)(=O)=O)c3)cc(Cl)n2)cc1. The summed E-state index contributed by atoms with van der Waals surface area (Å²) in [5.41, 5.74) is 2.62. The summed E-state index contributed by atoms with van der Waals surface area (Å²) >= 11 is 6.17. The van der Waals surface area contributed by atoms with E-state index < -0.39 is 9.84 Å². The van der Waals surface area contributed by atoms with Crippen LogP contribution < -0.4 is 10.1 Å². The maximum Gasteiger partial charge on any atom is 0.175 e. The third kappa shape index (κ3) is 4.99. The number of nitrogens with zero attached hydrogens (tertiary/aromatic N) is 1. The van der Waals surface area contributed by atoms with Gasteiger partial charge < -0.3 is 10.1 Å². The molecule has 0 spiro atoms. The van der Waals surface area contributed by atoms with Crippen molar-refractivity contribution in [2.24, 2.45) is 0 Å². The first-order valence-electron chi connectivity index (χ1n) is 8.20. The Kier molecular flexibility index (Phi) is 5.68. The van der Waals surface area contributed by atoms with Crippen molar-refractivity contribution in [1.29, 1.82) is 0 Å². The Hall–Kier alpha value is -2.57. The maximum atomic E-state index is 11.8. The second-order valence-corrected chi connectivity index (χ2v) is 8.47. The van der Waals surface area contributed by atoms with E-state index in [-0.39, 0.29) is 4.90 Å². The van der Waals surface area contributed by atoms with Crippen molar-refractivity contribution in [2.75, 3.05) is 18.7 Å². The molecule has 5 nitrogen and oxygen atoms in total. The fourth-order valence-corrected chi connectivity index (χ4v) is 3.47. The van der Waals surface area contributed by atoms with Gasteiger partial charge in [-0.25, -0.2) is 13.4 Å². The Morgan fingerprint density at radius 1 is 1.04 bits per heavy atom. The van der Waals surface area contributed by atoms with E-state index in [9.17, 15) is 8.42 Å². The molecule has 1 N–H and O–H groups in total. The summed E-state index contributed by atoms with van der Waals surface area (Å²) in [6.07, 6.45) is 1.19. The number of sulfone groups is 1. The average Bonchev–Trinajstić information content (AvgIpc) is 2.66. The average molecular weight is 403 g/mol. The summed E-state index contributed by atoms with van der Waals surface area (Å²) < 4.78 is 28.7. The quantitative estimate of drug-likeness (QED) is 0.618. The number of methoxy groups -OCH3 is 1. The summed E-state index contributed by atoms with van der Waals surface area (Å²) in [5, 5.41) is 3.57. The summed E-state index contributed by atoms with van der Waals surface area (Å²) in [6.45, 7) is 0.570. The first-order valence-corrected chi connectivity index (χ1v) is 10.5. The molecule has 3 aromatic rings. The standard InChI is InChI=1S/C20H19ClN2O3S/c1-26-17-8-6-14(7-9-17)13-22-20-12-16(11-19(21)23-20)15-4-3-5-18(10-15)27(2,24)25/h3-12H,13H2,1-2H3,(H,22,23). The lowest BCUT2D eigenvalue weighted by Crippen LogP contribution is -2.02. The number of rotatable bonds is 6. The van der Waals surface area contributed by atoms with Crippen molar-refractivity contribution >= 4 is 27.3 Å². The largest absolute Gasteiger partial charge is 0.497 e. The highest BCUT2D eigenvalue weighted by Crippen LogP contribution is 2.27. The molecule has 1 heterocycles. The highest BCUT2D eigenvalue weighted by Gasteiger charge is 2.10. The van der Waals surface area contributed by atoms with Gasteiger partial charge in [0.15, 0.2) is 9.84 Å². The van der Waals surface area contributed by atoms with Crippen LogP contribution in [0.5, 0.6) is 5.75 Å². The van der Waals surface area contributed by atoms with Gasteiger partial charge in [0.2, 0.25) is 0 Å². The van der Waals surface area contributed by atoms with Gasteiger partial charge in [-0.2, -0.15) is 0 Å². The summed E-state index contributed by atoms with van der Waals surface area (Å²) in [5.74, 6) is 1.41. The lowest BCUT2D eigenvalue weighted by atomic mass is 10.1. The molecule has 140 valence electrons. The molecule has 0 aliphatic rings. The number of benzene rings is 2. The summed E-state index contributed by atoms with van der Waals surface area (Å²) in [7, 11) is -1.65. The molecule has 0 radical (unpaired) electrons. The van der Waals surface area contributed by atoms with Crippen molar-refractivity contribution in [1.82, 2.24) is 4.98 Å². The van der Waals surface area contributed by atoms with Crippen LogP contribution in [0.25, 0.3) is 11.1 Å². The molecule has 0 aliphatic carbocycles. The van der Waals surface area contributed by atoms with Crippen LogP contribution in [0.4, 0.5) is 5.82 Å². The molecule has 0 unspecified atom stereocenters. The van der Waals surface area contributed by atoms with Crippen molar-refractivity contribution in [2.45, 2.75) is 11.4 Å². The number of halogens is 1. The van der Waals surface area contributed by atoms with Crippen LogP contribution >= 0.6 is 11.6 Å². The third-order valence-corrected chi connectivity index (χ3v) is 5.33. The van der Waals surface area contributed by atoms with E-state index in [1.165, 1.54) is 6.26 Å². The molecule has 27 heavy (non-hydrogen) atoms. The van der Waals surface area contributed by atoms with Crippen LogP contribution in [0.2, 0.25) is 5.15 Å². The number of hydrogen-bond donors (Lipinski definition) is 1. The topological polar surface area (TPSA) is 68.3 Å². The monoisotopic (exact) mass is 402 g/mol. The molecule has 0 aliphatic heterocycles. The van der Waals surface area contributed by atoms with Crippen LogP contribution in [0, 0.1) is 0 Å². The molecule has 0 saturated heterocycles. The van der Waals surface area contributed by atoms with E-state index in [4.69, 9.17) is 16.3 Å². The highest BCUT2D eigenvalue weighted by molar-refractivity contribution is 7.90. The van der Waals surface area contributed by atoms with Crippen molar-refractivity contribution in [3.63, 3.8) is 0 Å². The van der Waals surface area contributed by atoms with Crippen LogP contribution in [0.1, 0.15) is 5.56 Å². The lowest BCUT2D eigenvalue weighted by molar-refractivity contribution is 0.414. The smallest absolute Gasteiger partial charge is 0.175 e. The molecule has 0 amide bonds. The lowest BCUT2D eigenvalue weighted by Gasteiger charge is -2.10. The molecule has 7 heteroatoms. The first kappa shape index (κ1) is 19.2. The van der Waals surface area contributed by atoms with E-state index >= 15 is 0 Å². The van der Waals surface area contributed by atoms with Gasteiger partial charge in [-0.15, -0.1) is 0 Å². The summed E-state index contributed by atoms with van der Waals surface area (Å²) in [6, 6.07) is 18.0. The van der Waals surface area contributed by atoms with E-state index in [1.807, 2.05) is 36.4 Å². The Labute approximate surface area is 163 Å². The Bertz CT molecular complexity index is 1050. The minimum Gasteiger partial charge on any atom is -0.497 e. The predicted molar refractivity (Wildman–Crippen MR) is 108 cm³/mol. The molecule has 3 rings (SSSR count). The van der Waals surface area contributed by atoms with E-state index in [1.54, 1.807) is 31.4 Å². The van der Waals surface area contributed by atoms with Gasteiger partial charge in [0.25, 0.3) is 0 Å². The zero-order valence-corrected chi connectivity index (χ0v) is 16.5. The van der Waals surface area contributed by atoms with Gasteiger partial charge in [0.05, 0.1) is 12.0 Å². The highest BCUT2D eigenvalue weighted by atomic mass is 35.5.